The van der Waals surface area contributed by atoms with Crippen molar-refractivity contribution in [3.8, 4) is 0 Å². The van der Waals surface area contributed by atoms with Crippen molar-refractivity contribution in [2.45, 2.75) is 38.8 Å². The van der Waals surface area contributed by atoms with Crippen LogP contribution in [0.4, 0.5) is 0 Å². The predicted molar refractivity (Wildman–Crippen MR) is 66.3 cm³/mol. The Kier molecular flexibility index (Phi) is 5.45. The Bertz CT molecular complexity index is 252. The molecule has 96 valence electrons. The molecule has 0 bridgehead atoms. The standard InChI is InChI=1S/C11H24NO3P/c1-10(2)12-6-4-5-11(12)9-15-7-8-16(3,13)14/h10-11H,4-9H2,1-3H3,(H,13,14)/t11-/m0/s1. The highest BCUT2D eigenvalue weighted by Crippen LogP contribution is 2.34. The fourth-order valence-corrected chi connectivity index (χ4v) is 2.64. The molecule has 1 heterocycles. The summed E-state index contributed by atoms with van der Waals surface area (Å²) in [4.78, 5) is 11.6. The van der Waals surface area contributed by atoms with Gasteiger partial charge in [-0.25, -0.2) is 0 Å². The van der Waals surface area contributed by atoms with Crippen molar-refractivity contribution in [3.05, 3.63) is 0 Å². The summed E-state index contributed by atoms with van der Waals surface area (Å²) in [6.45, 7) is 8.02. The highest BCUT2D eigenvalue weighted by molar-refractivity contribution is 7.57. The second-order valence-corrected chi connectivity index (χ2v) is 7.53. The summed E-state index contributed by atoms with van der Waals surface area (Å²) in [5.74, 6) is 0. The van der Waals surface area contributed by atoms with Crippen LogP contribution in [0, 0.1) is 0 Å². The average molecular weight is 249 g/mol. The summed E-state index contributed by atoms with van der Waals surface area (Å²) in [6, 6.07) is 1.06. The average Bonchev–Trinajstić information content (AvgIpc) is 2.58. The minimum atomic E-state index is -2.90. The maximum Gasteiger partial charge on any atom is 0.199 e. The lowest BCUT2D eigenvalue weighted by atomic mass is 10.2. The molecule has 1 aliphatic heterocycles. The second-order valence-electron chi connectivity index (χ2n) is 4.98. The second kappa shape index (κ2) is 6.15. The molecule has 2 atom stereocenters. The van der Waals surface area contributed by atoms with Crippen LogP contribution in [0.2, 0.25) is 0 Å². The molecule has 0 amide bonds. The summed E-state index contributed by atoms with van der Waals surface area (Å²) in [5.41, 5.74) is 0. The van der Waals surface area contributed by atoms with Crippen LogP contribution in [0.5, 0.6) is 0 Å². The van der Waals surface area contributed by atoms with E-state index in [1.807, 2.05) is 0 Å². The molecular formula is C11H24NO3P. The van der Waals surface area contributed by atoms with Gasteiger partial charge in [-0.2, -0.15) is 0 Å². The van der Waals surface area contributed by atoms with Crippen molar-refractivity contribution in [2.75, 3.05) is 32.6 Å². The number of rotatable bonds is 6. The summed E-state index contributed by atoms with van der Waals surface area (Å²) < 4.78 is 16.5. The molecule has 16 heavy (non-hydrogen) atoms. The first kappa shape index (κ1) is 14.2. The summed E-state index contributed by atoms with van der Waals surface area (Å²) in [6.07, 6.45) is 2.68. The van der Waals surface area contributed by atoms with Gasteiger partial charge in [-0.15, -0.1) is 0 Å². The van der Waals surface area contributed by atoms with Crippen LogP contribution in [-0.2, 0) is 9.30 Å². The van der Waals surface area contributed by atoms with Gasteiger partial charge in [0.15, 0.2) is 7.37 Å². The maximum absolute atomic E-state index is 11.0. The van der Waals surface area contributed by atoms with Gasteiger partial charge in [-0.05, 0) is 33.2 Å². The fraction of sp³-hybridized carbons (Fsp3) is 1.00. The van der Waals surface area contributed by atoms with E-state index in [0.717, 1.165) is 6.54 Å². The zero-order valence-electron chi connectivity index (χ0n) is 10.6. The molecule has 1 fully saturated rings. The van der Waals surface area contributed by atoms with E-state index in [1.165, 1.54) is 19.5 Å². The number of hydrogen-bond donors (Lipinski definition) is 1. The van der Waals surface area contributed by atoms with Gasteiger partial charge in [-0.3, -0.25) is 9.46 Å². The Morgan fingerprint density at radius 3 is 2.81 bits per heavy atom. The Labute approximate surface area is 98.4 Å². The SMILES string of the molecule is CC(C)N1CCC[C@H]1COCCP(C)(=O)O. The van der Waals surface area contributed by atoms with E-state index < -0.39 is 7.37 Å². The van der Waals surface area contributed by atoms with Crippen molar-refractivity contribution in [1.82, 2.24) is 4.90 Å². The molecule has 4 nitrogen and oxygen atoms in total. The van der Waals surface area contributed by atoms with Crippen LogP contribution in [0.15, 0.2) is 0 Å². The molecule has 1 rings (SSSR count). The molecule has 0 aromatic carbocycles. The van der Waals surface area contributed by atoms with Crippen molar-refractivity contribution in [1.29, 1.82) is 0 Å². The van der Waals surface area contributed by atoms with E-state index in [-0.39, 0.29) is 6.16 Å². The van der Waals surface area contributed by atoms with Crippen LogP contribution in [0.3, 0.4) is 0 Å². The van der Waals surface area contributed by atoms with Gasteiger partial charge >= 0.3 is 0 Å². The van der Waals surface area contributed by atoms with Crippen LogP contribution in [0.25, 0.3) is 0 Å². The molecule has 1 aliphatic rings. The minimum absolute atomic E-state index is 0.265. The largest absolute Gasteiger partial charge is 0.379 e. The van der Waals surface area contributed by atoms with Gasteiger partial charge in [0.05, 0.1) is 13.2 Å². The highest BCUT2D eigenvalue weighted by atomic mass is 31.2. The van der Waals surface area contributed by atoms with Gasteiger partial charge in [0.2, 0.25) is 0 Å². The fourth-order valence-electron chi connectivity index (χ4n) is 2.17. The number of hydrogen-bond acceptors (Lipinski definition) is 3. The topological polar surface area (TPSA) is 49.8 Å². The van der Waals surface area contributed by atoms with Crippen molar-refractivity contribution >= 4 is 7.37 Å². The van der Waals surface area contributed by atoms with Crippen LogP contribution < -0.4 is 0 Å². The molecule has 0 spiro atoms. The van der Waals surface area contributed by atoms with E-state index in [4.69, 9.17) is 9.63 Å². The van der Waals surface area contributed by atoms with E-state index in [1.54, 1.807) is 0 Å². The molecule has 0 radical (unpaired) electrons. The molecule has 0 aromatic heterocycles. The number of ether oxygens (including phenoxy) is 1. The van der Waals surface area contributed by atoms with Crippen LogP contribution >= 0.6 is 7.37 Å². The Morgan fingerprint density at radius 1 is 1.56 bits per heavy atom. The van der Waals surface area contributed by atoms with Gasteiger partial charge in [0.25, 0.3) is 0 Å². The predicted octanol–water partition coefficient (Wildman–Crippen LogP) is 1.78. The molecule has 0 saturated carbocycles. The molecule has 0 aromatic rings. The van der Waals surface area contributed by atoms with Gasteiger partial charge in [0.1, 0.15) is 0 Å². The first-order valence-electron chi connectivity index (χ1n) is 6.03. The van der Waals surface area contributed by atoms with Crippen molar-refractivity contribution < 1.29 is 14.2 Å². The van der Waals surface area contributed by atoms with Gasteiger partial charge in [-0.1, -0.05) is 0 Å². The Morgan fingerprint density at radius 2 is 2.25 bits per heavy atom. The molecular weight excluding hydrogens is 225 g/mol. The summed E-state index contributed by atoms with van der Waals surface area (Å²) in [7, 11) is -2.90. The highest BCUT2D eigenvalue weighted by Gasteiger charge is 2.26. The smallest absolute Gasteiger partial charge is 0.199 e. The molecule has 1 saturated heterocycles. The monoisotopic (exact) mass is 249 g/mol. The van der Waals surface area contributed by atoms with Crippen molar-refractivity contribution in [2.24, 2.45) is 0 Å². The van der Waals surface area contributed by atoms with Crippen LogP contribution in [-0.4, -0.2) is 54.5 Å². The first-order chi connectivity index (χ1) is 7.40. The molecule has 1 unspecified atom stereocenters. The molecule has 1 N–H and O–H groups in total. The zero-order valence-corrected chi connectivity index (χ0v) is 11.4. The Balaban J connectivity index is 2.20. The lowest BCUT2D eigenvalue weighted by Gasteiger charge is -2.28. The summed E-state index contributed by atoms with van der Waals surface area (Å²) >= 11 is 0. The number of nitrogens with zero attached hydrogens (tertiary/aromatic N) is 1. The summed E-state index contributed by atoms with van der Waals surface area (Å²) in [5, 5.41) is 0. The van der Waals surface area contributed by atoms with E-state index in [0.29, 0.717) is 25.3 Å². The zero-order chi connectivity index (χ0) is 12.2. The number of likely N-dealkylation sites (tertiary alicyclic amines) is 1. The lowest BCUT2D eigenvalue weighted by Crippen LogP contribution is -2.38. The third-order valence-corrected chi connectivity index (χ3v) is 4.06. The first-order valence-corrected chi connectivity index (χ1v) is 8.32. The van der Waals surface area contributed by atoms with Crippen LogP contribution in [0.1, 0.15) is 26.7 Å². The minimum Gasteiger partial charge on any atom is -0.379 e. The third-order valence-electron chi connectivity index (χ3n) is 3.05. The van der Waals surface area contributed by atoms with E-state index in [9.17, 15) is 4.57 Å². The maximum atomic E-state index is 11.0. The van der Waals surface area contributed by atoms with Gasteiger partial charge in [0, 0.05) is 24.9 Å². The normalized spacial score (nSPS) is 26.2. The van der Waals surface area contributed by atoms with E-state index >= 15 is 0 Å². The molecule has 0 aliphatic carbocycles. The van der Waals surface area contributed by atoms with E-state index in [2.05, 4.69) is 18.7 Å². The lowest BCUT2D eigenvalue weighted by molar-refractivity contribution is 0.0730. The van der Waals surface area contributed by atoms with Gasteiger partial charge < -0.3 is 9.63 Å². The van der Waals surface area contributed by atoms with Crippen molar-refractivity contribution in [3.63, 3.8) is 0 Å². The quantitative estimate of drug-likeness (QED) is 0.576. The Hall–Kier alpha value is 0.110. The third kappa shape index (κ3) is 4.96. The molecule has 5 heteroatoms.